The van der Waals surface area contributed by atoms with Crippen LogP contribution in [-0.2, 0) is 14.3 Å². The van der Waals surface area contributed by atoms with Gasteiger partial charge in [-0.25, -0.2) is 4.79 Å². The van der Waals surface area contributed by atoms with E-state index in [-0.39, 0.29) is 12.6 Å². The highest BCUT2D eigenvalue weighted by molar-refractivity contribution is 5.71. The molecule has 0 radical (unpaired) electrons. The number of hydrogen-bond acceptors (Lipinski definition) is 3. The molecule has 0 fully saturated rings. The molecule has 8 heavy (non-hydrogen) atoms. The van der Waals surface area contributed by atoms with Crippen LogP contribution >= 0.6 is 0 Å². The van der Waals surface area contributed by atoms with Crippen LogP contribution in [0.4, 0.5) is 0 Å². The van der Waals surface area contributed by atoms with Crippen molar-refractivity contribution in [2.75, 3.05) is 13.2 Å². The number of rotatable bonds is 0. The van der Waals surface area contributed by atoms with Gasteiger partial charge < -0.3 is 9.47 Å². The van der Waals surface area contributed by atoms with Crippen LogP contribution in [0.1, 0.15) is 0 Å². The number of carbonyl (C=O) groups excluding carboxylic acids is 1. The fourth-order valence-corrected chi connectivity index (χ4v) is 0.406. The Bertz CT molecular complexity index is 105. The highest BCUT2D eigenvalue weighted by Gasteiger charge is 2.01. The van der Waals surface area contributed by atoms with Crippen LogP contribution in [-0.4, -0.2) is 19.2 Å². The summed E-state index contributed by atoms with van der Waals surface area (Å²) in [6, 6.07) is 0. The van der Waals surface area contributed by atoms with Gasteiger partial charge in [0.25, 0.3) is 0 Å². The lowest BCUT2D eigenvalue weighted by atomic mass is 10.7. The molecule has 0 aromatic rings. The van der Waals surface area contributed by atoms with E-state index in [1.165, 1.54) is 6.26 Å². The van der Waals surface area contributed by atoms with Gasteiger partial charge in [-0.05, 0) is 6.08 Å². The summed E-state index contributed by atoms with van der Waals surface area (Å²) < 4.78 is 9.20. The van der Waals surface area contributed by atoms with E-state index in [1.807, 2.05) is 0 Å². The zero-order valence-corrected chi connectivity index (χ0v) is 4.29. The van der Waals surface area contributed by atoms with Crippen LogP contribution in [0, 0.1) is 0 Å². The van der Waals surface area contributed by atoms with Gasteiger partial charge in [0, 0.05) is 0 Å². The topological polar surface area (TPSA) is 35.5 Å². The van der Waals surface area contributed by atoms with Crippen LogP contribution in [0.3, 0.4) is 0 Å². The van der Waals surface area contributed by atoms with Crippen LogP contribution in [0.15, 0.2) is 12.3 Å². The van der Waals surface area contributed by atoms with Gasteiger partial charge in [-0.3, -0.25) is 0 Å². The van der Waals surface area contributed by atoms with E-state index in [2.05, 4.69) is 9.47 Å². The molecule has 1 heterocycles. The van der Waals surface area contributed by atoms with Gasteiger partial charge in [-0.2, -0.15) is 0 Å². The predicted molar refractivity (Wildman–Crippen MR) is 26.1 cm³/mol. The van der Waals surface area contributed by atoms with Crippen molar-refractivity contribution in [3.8, 4) is 0 Å². The van der Waals surface area contributed by atoms with Crippen molar-refractivity contribution in [1.82, 2.24) is 0 Å². The Balaban J connectivity index is 2.39. The normalized spacial score (nSPS) is 18.8. The summed E-state index contributed by atoms with van der Waals surface area (Å²) >= 11 is 0. The first-order valence-electron chi connectivity index (χ1n) is 2.32. The second-order valence-electron chi connectivity index (χ2n) is 1.37. The Morgan fingerprint density at radius 3 is 3.38 bits per heavy atom. The minimum absolute atomic E-state index is 0.0382. The Morgan fingerprint density at radius 2 is 2.50 bits per heavy atom. The van der Waals surface area contributed by atoms with E-state index in [0.29, 0.717) is 6.61 Å². The van der Waals surface area contributed by atoms with E-state index in [4.69, 9.17) is 0 Å². The monoisotopic (exact) mass is 114 g/mol. The maximum absolute atomic E-state index is 10.3. The first-order chi connectivity index (χ1) is 3.89. The SMILES string of the molecule is O=C1COC=CCO1. The highest BCUT2D eigenvalue weighted by atomic mass is 16.6. The van der Waals surface area contributed by atoms with Crippen molar-refractivity contribution in [2.24, 2.45) is 0 Å². The van der Waals surface area contributed by atoms with Gasteiger partial charge >= 0.3 is 5.97 Å². The summed E-state index contributed by atoms with van der Waals surface area (Å²) in [4.78, 5) is 10.3. The molecule has 0 N–H and O–H groups in total. The van der Waals surface area contributed by atoms with Crippen molar-refractivity contribution in [3.63, 3.8) is 0 Å². The maximum atomic E-state index is 10.3. The van der Waals surface area contributed by atoms with Gasteiger partial charge in [0.1, 0.15) is 6.61 Å². The molecule has 0 spiro atoms. The number of hydrogen-bond donors (Lipinski definition) is 0. The molecular weight excluding hydrogens is 108 g/mol. The molecule has 0 unspecified atom stereocenters. The molecule has 44 valence electrons. The van der Waals surface area contributed by atoms with Gasteiger partial charge in [0.05, 0.1) is 6.26 Å². The first-order valence-corrected chi connectivity index (χ1v) is 2.32. The summed E-state index contributed by atoms with van der Waals surface area (Å²) in [5, 5.41) is 0. The fraction of sp³-hybridized carbons (Fsp3) is 0.400. The second kappa shape index (κ2) is 2.35. The molecule has 0 atom stereocenters. The molecule has 1 rings (SSSR count). The summed E-state index contributed by atoms with van der Waals surface area (Å²) in [5.74, 6) is -0.310. The standard InChI is InChI=1S/C5H6O3/c6-5-4-7-2-1-3-8-5/h1-2H,3-4H2. The van der Waals surface area contributed by atoms with Gasteiger partial charge in [-0.1, -0.05) is 0 Å². The Hall–Kier alpha value is -0.990. The zero-order chi connectivity index (χ0) is 5.82. The van der Waals surface area contributed by atoms with E-state index in [0.717, 1.165) is 0 Å². The molecule has 0 saturated carbocycles. The van der Waals surface area contributed by atoms with E-state index in [1.54, 1.807) is 6.08 Å². The number of cyclic esters (lactones) is 1. The van der Waals surface area contributed by atoms with Crippen LogP contribution < -0.4 is 0 Å². The quantitative estimate of drug-likeness (QED) is 0.418. The number of ether oxygens (including phenoxy) is 2. The molecule has 0 aliphatic carbocycles. The fourth-order valence-electron chi connectivity index (χ4n) is 0.406. The van der Waals surface area contributed by atoms with Crippen LogP contribution in [0.2, 0.25) is 0 Å². The number of esters is 1. The minimum atomic E-state index is -0.310. The van der Waals surface area contributed by atoms with Gasteiger partial charge in [0.15, 0.2) is 6.61 Å². The molecule has 0 amide bonds. The average molecular weight is 114 g/mol. The van der Waals surface area contributed by atoms with E-state index < -0.39 is 0 Å². The largest absolute Gasteiger partial charge is 0.490 e. The van der Waals surface area contributed by atoms with Crippen molar-refractivity contribution in [1.29, 1.82) is 0 Å². The summed E-state index contributed by atoms with van der Waals surface area (Å²) in [6.45, 7) is 0.370. The van der Waals surface area contributed by atoms with E-state index >= 15 is 0 Å². The molecule has 0 bridgehead atoms. The lowest BCUT2D eigenvalue weighted by Gasteiger charge is -1.93. The number of carbonyl (C=O) groups is 1. The highest BCUT2D eigenvalue weighted by Crippen LogP contribution is 1.88. The van der Waals surface area contributed by atoms with E-state index in [9.17, 15) is 4.79 Å². The molecule has 1 aliphatic heterocycles. The smallest absolute Gasteiger partial charge is 0.344 e. The lowest BCUT2D eigenvalue weighted by molar-refractivity contribution is -0.144. The Labute approximate surface area is 46.9 Å². The molecule has 3 heteroatoms. The van der Waals surface area contributed by atoms with Crippen molar-refractivity contribution >= 4 is 5.97 Å². The molecule has 3 nitrogen and oxygen atoms in total. The van der Waals surface area contributed by atoms with Crippen LogP contribution in [0.5, 0.6) is 0 Å². The third kappa shape index (κ3) is 1.26. The summed E-state index contributed by atoms with van der Waals surface area (Å²) in [7, 11) is 0. The summed E-state index contributed by atoms with van der Waals surface area (Å²) in [5.41, 5.74) is 0. The third-order valence-corrected chi connectivity index (χ3v) is 0.734. The minimum Gasteiger partial charge on any atom is -0.490 e. The zero-order valence-electron chi connectivity index (χ0n) is 4.29. The lowest BCUT2D eigenvalue weighted by Crippen LogP contribution is -2.07. The molecule has 0 aromatic heterocycles. The molecule has 1 aliphatic rings. The molecular formula is C5H6O3. The Morgan fingerprint density at radius 1 is 1.62 bits per heavy atom. The molecule has 0 saturated heterocycles. The van der Waals surface area contributed by atoms with Crippen molar-refractivity contribution in [2.45, 2.75) is 0 Å². The Kier molecular flexibility index (Phi) is 1.51. The van der Waals surface area contributed by atoms with Gasteiger partial charge in [-0.15, -0.1) is 0 Å². The summed E-state index contributed by atoms with van der Waals surface area (Å²) in [6.07, 6.45) is 3.11. The van der Waals surface area contributed by atoms with Crippen molar-refractivity contribution < 1.29 is 14.3 Å². The first kappa shape index (κ1) is 5.15. The van der Waals surface area contributed by atoms with Crippen molar-refractivity contribution in [3.05, 3.63) is 12.3 Å². The second-order valence-corrected chi connectivity index (χ2v) is 1.37. The predicted octanol–water partition coefficient (Wildman–Crippen LogP) is 0.0735. The van der Waals surface area contributed by atoms with Crippen LogP contribution in [0.25, 0.3) is 0 Å². The molecule has 0 aromatic carbocycles. The third-order valence-electron chi connectivity index (χ3n) is 0.734. The van der Waals surface area contributed by atoms with Gasteiger partial charge in [0.2, 0.25) is 0 Å². The maximum Gasteiger partial charge on any atom is 0.344 e. The average Bonchev–Trinajstić information content (AvgIpc) is 1.94.